The number of hydrogen-bond donors (Lipinski definition) is 1. The van der Waals surface area contributed by atoms with E-state index < -0.39 is 17.5 Å². The molecule has 108 valence electrons. The summed E-state index contributed by atoms with van der Waals surface area (Å²) in [5.41, 5.74) is 0.965. The molecule has 0 aliphatic rings. The van der Waals surface area contributed by atoms with Gasteiger partial charge < -0.3 is 9.72 Å². The first kappa shape index (κ1) is 13.7. The van der Waals surface area contributed by atoms with Crippen LogP contribution >= 0.6 is 12.2 Å². The molecule has 3 aromatic rings. The Balaban J connectivity index is 2.37. The molecule has 21 heavy (non-hydrogen) atoms. The van der Waals surface area contributed by atoms with Crippen molar-refractivity contribution in [1.29, 1.82) is 0 Å². The molecule has 0 saturated heterocycles. The number of imidazole rings is 1. The zero-order valence-corrected chi connectivity index (χ0v) is 11.6. The SMILES string of the molecule is COc1ccc2[nH]c(=S)n(-c3ccc(F)c(F)c3F)c2c1. The molecule has 0 fully saturated rings. The Hall–Kier alpha value is -2.28. The molecule has 0 atom stereocenters. The predicted octanol–water partition coefficient (Wildman–Crippen LogP) is 4.11. The molecule has 0 aliphatic carbocycles. The van der Waals surface area contributed by atoms with Crippen molar-refractivity contribution in [2.45, 2.75) is 0 Å². The molecule has 1 aromatic heterocycles. The fraction of sp³-hybridized carbons (Fsp3) is 0.0714. The van der Waals surface area contributed by atoms with Gasteiger partial charge in [0.25, 0.3) is 0 Å². The van der Waals surface area contributed by atoms with Crippen molar-refractivity contribution in [1.82, 2.24) is 9.55 Å². The van der Waals surface area contributed by atoms with Gasteiger partial charge in [0.1, 0.15) is 5.75 Å². The second kappa shape index (κ2) is 4.92. The topological polar surface area (TPSA) is 29.9 Å². The number of rotatable bonds is 2. The minimum Gasteiger partial charge on any atom is -0.497 e. The first-order valence-corrected chi connectivity index (χ1v) is 6.36. The van der Waals surface area contributed by atoms with E-state index in [0.717, 1.165) is 12.1 Å². The highest BCUT2D eigenvalue weighted by atomic mass is 32.1. The van der Waals surface area contributed by atoms with Gasteiger partial charge in [-0.15, -0.1) is 0 Å². The average Bonchev–Trinajstić information content (AvgIpc) is 2.80. The fourth-order valence-electron chi connectivity index (χ4n) is 2.14. The normalized spacial score (nSPS) is 11.0. The Bertz CT molecular complexity index is 901. The minimum atomic E-state index is -1.54. The van der Waals surface area contributed by atoms with E-state index in [1.54, 1.807) is 18.2 Å². The molecule has 0 spiro atoms. The third-order valence-electron chi connectivity index (χ3n) is 3.15. The van der Waals surface area contributed by atoms with Crippen molar-refractivity contribution in [3.8, 4) is 11.4 Å². The maximum absolute atomic E-state index is 14.0. The maximum atomic E-state index is 14.0. The van der Waals surface area contributed by atoms with Crippen molar-refractivity contribution in [2.75, 3.05) is 7.11 Å². The van der Waals surface area contributed by atoms with E-state index in [0.29, 0.717) is 16.8 Å². The van der Waals surface area contributed by atoms with Crippen LogP contribution < -0.4 is 4.74 Å². The lowest BCUT2D eigenvalue weighted by Gasteiger charge is -2.08. The lowest BCUT2D eigenvalue weighted by Crippen LogP contribution is -2.02. The second-order valence-corrected chi connectivity index (χ2v) is 4.73. The van der Waals surface area contributed by atoms with Crippen LogP contribution in [0.1, 0.15) is 0 Å². The van der Waals surface area contributed by atoms with Crippen LogP contribution in [0.4, 0.5) is 13.2 Å². The molecular formula is C14H9F3N2OS. The van der Waals surface area contributed by atoms with Crippen LogP contribution in [-0.4, -0.2) is 16.7 Å². The van der Waals surface area contributed by atoms with Crippen LogP contribution in [0.25, 0.3) is 16.7 Å². The smallest absolute Gasteiger partial charge is 0.196 e. The molecule has 0 aliphatic heterocycles. The summed E-state index contributed by atoms with van der Waals surface area (Å²) in [7, 11) is 1.49. The first-order chi connectivity index (χ1) is 10.0. The van der Waals surface area contributed by atoms with Crippen molar-refractivity contribution in [3.63, 3.8) is 0 Å². The summed E-state index contributed by atoms with van der Waals surface area (Å²) in [4.78, 5) is 2.88. The van der Waals surface area contributed by atoms with Crippen LogP contribution in [0.2, 0.25) is 0 Å². The molecule has 1 N–H and O–H groups in total. The van der Waals surface area contributed by atoms with Gasteiger partial charge in [0.15, 0.2) is 22.2 Å². The van der Waals surface area contributed by atoms with Gasteiger partial charge in [-0.05, 0) is 36.5 Å². The van der Waals surface area contributed by atoms with Crippen LogP contribution in [-0.2, 0) is 0 Å². The van der Waals surface area contributed by atoms with Crippen molar-refractivity contribution < 1.29 is 17.9 Å². The van der Waals surface area contributed by atoms with E-state index in [4.69, 9.17) is 17.0 Å². The van der Waals surface area contributed by atoms with Crippen molar-refractivity contribution >= 4 is 23.3 Å². The molecule has 3 rings (SSSR count). The lowest BCUT2D eigenvalue weighted by molar-refractivity contribution is 0.415. The van der Waals surface area contributed by atoms with Crippen LogP contribution in [0.15, 0.2) is 30.3 Å². The molecule has 0 saturated carbocycles. The summed E-state index contributed by atoms with van der Waals surface area (Å²) in [6, 6.07) is 7.03. The largest absolute Gasteiger partial charge is 0.497 e. The molecule has 1 heterocycles. The Kier molecular flexibility index (Phi) is 3.21. The number of aromatic amines is 1. The highest BCUT2D eigenvalue weighted by molar-refractivity contribution is 7.71. The lowest BCUT2D eigenvalue weighted by atomic mass is 10.2. The molecule has 2 aromatic carbocycles. The van der Waals surface area contributed by atoms with E-state index in [-0.39, 0.29) is 10.5 Å². The van der Waals surface area contributed by atoms with Gasteiger partial charge in [-0.2, -0.15) is 0 Å². The molecule has 7 heteroatoms. The van der Waals surface area contributed by atoms with E-state index >= 15 is 0 Å². The third kappa shape index (κ3) is 2.09. The first-order valence-electron chi connectivity index (χ1n) is 5.95. The maximum Gasteiger partial charge on any atom is 0.196 e. The number of halogens is 3. The van der Waals surface area contributed by atoms with Gasteiger partial charge in [0.05, 0.1) is 23.8 Å². The number of fused-ring (bicyclic) bond motifs is 1. The van der Waals surface area contributed by atoms with Crippen LogP contribution in [0, 0.1) is 22.2 Å². The highest BCUT2D eigenvalue weighted by Gasteiger charge is 2.17. The molecule has 0 amide bonds. The standard InChI is InChI=1S/C14H9F3N2OS/c1-20-7-2-4-9-11(6-7)19(14(21)18-9)10-5-3-8(15)12(16)13(10)17/h2-6H,1H3,(H,18,21). The number of nitrogens with zero attached hydrogens (tertiary/aromatic N) is 1. The molecule has 3 nitrogen and oxygen atoms in total. The summed E-state index contributed by atoms with van der Waals surface area (Å²) < 4.78 is 47.0. The molecule has 0 radical (unpaired) electrons. The fourth-order valence-corrected chi connectivity index (χ4v) is 2.44. The summed E-state index contributed by atoms with van der Waals surface area (Å²) >= 11 is 5.13. The summed E-state index contributed by atoms with van der Waals surface area (Å²) in [6.07, 6.45) is 0. The summed E-state index contributed by atoms with van der Waals surface area (Å²) in [5.74, 6) is -3.55. The Labute approximate surface area is 122 Å². The van der Waals surface area contributed by atoms with Gasteiger partial charge in [-0.1, -0.05) is 0 Å². The van der Waals surface area contributed by atoms with Crippen LogP contribution in [0.3, 0.4) is 0 Å². The van der Waals surface area contributed by atoms with E-state index in [2.05, 4.69) is 4.98 Å². The van der Waals surface area contributed by atoms with Gasteiger partial charge in [0, 0.05) is 6.07 Å². The third-order valence-corrected chi connectivity index (χ3v) is 3.43. The van der Waals surface area contributed by atoms with Gasteiger partial charge in [-0.25, -0.2) is 13.2 Å². The number of nitrogens with one attached hydrogen (secondary N) is 1. The summed E-state index contributed by atoms with van der Waals surface area (Å²) in [5, 5.41) is 0. The summed E-state index contributed by atoms with van der Waals surface area (Å²) in [6.45, 7) is 0. The predicted molar refractivity (Wildman–Crippen MR) is 74.9 cm³/mol. The van der Waals surface area contributed by atoms with Gasteiger partial charge in [-0.3, -0.25) is 4.57 Å². The second-order valence-electron chi connectivity index (χ2n) is 4.34. The molecule has 0 bridgehead atoms. The Morgan fingerprint density at radius 3 is 2.57 bits per heavy atom. The van der Waals surface area contributed by atoms with E-state index in [1.807, 2.05) is 0 Å². The minimum absolute atomic E-state index is 0.168. The monoisotopic (exact) mass is 310 g/mol. The van der Waals surface area contributed by atoms with Crippen molar-refractivity contribution in [2.24, 2.45) is 0 Å². The van der Waals surface area contributed by atoms with Crippen LogP contribution in [0.5, 0.6) is 5.75 Å². The van der Waals surface area contributed by atoms with E-state index in [9.17, 15) is 13.2 Å². The van der Waals surface area contributed by atoms with Crippen molar-refractivity contribution in [3.05, 3.63) is 52.6 Å². The number of aromatic nitrogens is 2. The zero-order valence-electron chi connectivity index (χ0n) is 10.8. The Morgan fingerprint density at radius 2 is 1.86 bits per heavy atom. The van der Waals surface area contributed by atoms with Gasteiger partial charge >= 0.3 is 0 Å². The van der Waals surface area contributed by atoms with E-state index in [1.165, 1.54) is 11.7 Å². The highest BCUT2D eigenvalue weighted by Crippen LogP contribution is 2.26. The zero-order chi connectivity index (χ0) is 15.1. The quantitative estimate of drug-likeness (QED) is 0.570. The number of ether oxygens (including phenoxy) is 1. The number of hydrogen-bond acceptors (Lipinski definition) is 2. The Morgan fingerprint density at radius 1 is 1.10 bits per heavy atom. The average molecular weight is 310 g/mol. The molecular weight excluding hydrogens is 301 g/mol. The number of methoxy groups -OCH3 is 1. The van der Waals surface area contributed by atoms with Gasteiger partial charge in [0.2, 0.25) is 0 Å². The molecule has 0 unspecified atom stereocenters. The number of H-pyrrole nitrogens is 1. The number of benzene rings is 2.